The average Bonchev–Trinajstić information content (AvgIpc) is 3.28. The van der Waals surface area contributed by atoms with Gasteiger partial charge >= 0.3 is 5.97 Å². The highest BCUT2D eigenvalue weighted by Gasteiger charge is 2.48. The first-order valence-corrected chi connectivity index (χ1v) is 14.1. The molecule has 2 unspecified atom stereocenters. The zero-order valence-corrected chi connectivity index (χ0v) is 20.9. The van der Waals surface area contributed by atoms with Gasteiger partial charge in [-0.3, -0.25) is 14.1 Å². The quantitative estimate of drug-likeness (QED) is 0.375. The van der Waals surface area contributed by atoms with Crippen molar-refractivity contribution in [2.24, 2.45) is 7.05 Å². The minimum Gasteiger partial charge on any atom is -0.343 e. The predicted octanol–water partition coefficient (Wildman–Crippen LogP) is 3.55. The number of hydrogen-bond donors (Lipinski definition) is 1. The molecular weight excluding hydrogens is 512 g/mol. The van der Waals surface area contributed by atoms with Gasteiger partial charge in [0.05, 0.1) is 23.1 Å². The number of nitrogens with zero attached hydrogens (tertiary/aromatic N) is 2. The lowest BCUT2D eigenvalue weighted by molar-refractivity contribution is -0.197. The van der Waals surface area contributed by atoms with Gasteiger partial charge in [-0.25, -0.2) is 4.79 Å². The van der Waals surface area contributed by atoms with Crippen molar-refractivity contribution >= 4 is 62.3 Å². The van der Waals surface area contributed by atoms with E-state index in [9.17, 15) is 22.8 Å². The van der Waals surface area contributed by atoms with E-state index in [4.69, 9.17) is 9.39 Å². The van der Waals surface area contributed by atoms with Crippen LogP contribution < -0.4 is 0 Å². The smallest absolute Gasteiger partial charge is 0.334 e. The largest absolute Gasteiger partial charge is 0.343 e. The number of carbonyl (C=O) groups excluding carboxylic acids is 3. The van der Waals surface area contributed by atoms with Gasteiger partial charge in [0.25, 0.3) is 21.9 Å². The first-order valence-electron chi connectivity index (χ1n) is 10.7. The molecule has 3 aromatic rings. The number of rotatable bonds is 6. The van der Waals surface area contributed by atoms with E-state index in [1.807, 2.05) is 31.3 Å². The molecule has 12 heteroatoms. The average molecular weight is 533 g/mol. The maximum absolute atomic E-state index is 12.3. The zero-order valence-electron chi connectivity index (χ0n) is 18.4. The van der Waals surface area contributed by atoms with Crippen LogP contribution >= 0.6 is 23.5 Å². The summed E-state index contributed by atoms with van der Waals surface area (Å²) in [5, 5.41) is -0.669. The van der Waals surface area contributed by atoms with Crippen LogP contribution in [-0.2, 0) is 36.4 Å². The normalized spacial score (nSPS) is 19.7. The zero-order chi connectivity index (χ0) is 24.9. The predicted molar refractivity (Wildman–Crippen MR) is 132 cm³/mol. The van der Waals surface area contributed by atoms with Gasteiger partial charge in [0.15, 0.2) is 5.25 Å². The van der Waals surface area contributed by atoms with Crippen LogP contribution in [0.3, 0.4) is 0 Å². The molecule has 1 N–H and O–H groups in total. The van der Waals surface area contributed by atoms with Crippen molar-refractivity contribution in [2.45, 2.75) is 27.6 Å². The third-order valence-corrected chi connectivity index (χ3v) is 9.77. The van der Waals surface area contributed by atoms with E-state index in [0.29, 0.717) is 5.75 Å². The van der Waals surface area contributed by atoms with Gasteiger partial charge < -0.3 is 9.40 Å². The fourth-order valence-corrected chi connectivity index (χ4v) is 7.87. The van der Waals surface area contributed by atoms with Gasteiger partial charge in [0.1, 0.15) is 0 Å². The van der Waals surface area contributed by atoms with Crippen LogP contribution in [0.5, 0.6) is 0 Å². The molecule has 2 aromatic carbocycles. The SMILES string of the molecule is Cn1c2c(c3ccccc31)C(SCCC(=O)ON1C(=O)CC(S(=O)(=O)O)C1=O)Sc1ccccc1-2. The Labute approximate surface area is 209 Å². The van der Waals surface area contributed by atoms with Crippen molar-refractivity contribution in [3.05, 3.63) is 54.1 Å². The van der Waals surface area contributed by atoms with Gasteiger partial charge in [-0.2, -0.15) is 8.42 Å². The molecule has 35 heavy (non-hydrogen) atoms. The monoisotopic (exact) mass is 532 g/mol. The number of hydrogen-bond acceptors (Lipinski definition) is 8. The molecule has 1 fully saturated rings. The Kier molecular flexibility index (Phi) is 6.16. The number of imide groups is 1. The van der Waals surface area contributed by atoms with Crippen molar-refractivity contribution in [2.75, 3.05) is 5.75 Å². The first kappa shape index (κ1) is 23.9. The van der Waals surface area contributed by atoms with E-state index in [2.05, 4.69) is 28.8 Å². The van der Waals surface area contributed by atoms with Crippen LogP contribution in [0.1, 0.15) is 23.0 Å². The highest BCUT2D eigenvalue weighted by atomic mass is 32.2. The molecular formula is C23H20N2O7S3. The van der Waals surface area contributed by atoms with Crippen molar-refractivity contribution in [3.63, 3.8) is 0 Å². The number of aromatic nitrogens is 1. The van der Waals surface area contributed by atoms with Gasteiger partial charge in [0.2, 0.25) is 0 Å². The summed E-state index contributed by atoms with van der Waals surface area (Å²) in [6.07, 6.45) is -0.862. The maximum Gasteiger partial charge on any atom is 0.334 e. The summed E-state index contributed by atoms with van der Waals surface area (Å²) in [5.74, 6) is -2.74. The second-order valence-corrected chi connectivity index (χ2v) is 12.4. The van der Waals surface area contributed by atoms with Gasteiger partial charge in [-0.1, -0.05) is 36.4 Å². The van der Waals surface area contributed by atoms with Crippen molar-refractivity contribution in [1.82, 2.24) is 9.63 Å². The Morgan fingerprint density at radius 3 is 2.63 bits per heavy atom. The second-order valence-electron chi connectivity index (χ2n) is 8.10. The summed E-state index contributed by atoms with van der Waals surface area (Å²) in [6, 6.07) is 16.3. The number of fused-ring (bicyclic) bond motifs is 5. The molecule has 0 saturated carbocycles. The summed E-state index contributed by atoms with van der Waals surface area (Å²) in [5.41, 5.74) is 4.57. The number of thioether (sulfide) groups is 2. The molecule has 2 amide bonds. The van der Waals surface area contributed by atoms with Crippen LogP contribution in [0.4, 0.5) is 0 Å². The summed E-state index contributed by atoms with van der Waals surface area (Å²) >= 11 is 3.25. The molecule has 0 spiro atoms. The van der Waals surface area contributed by atoms with Crippen LogP contribution in [0.15, 0.2) is 53.4 Å². The fraction of sp³-hybridized carbons (Fsp3) is 0.261. The lowest BCUT2D eigenvalue weighted by Crippen LogP contribution is -2.36. The van der Waals surface area contributed by atoms with Gasteiger partial charge in [0, 0.05) is 39.7 Å². The number of hydroxylamine groups is 2. The summed E-state index contributed by atoms with van der Waals surface area (Å²) in [7, 11) is -2.73. The molecule has 1 aromatic heterocycles. The third-order valence-electron chi connectivity index (χ3n) is 5.95. The Balaban J connectivity index is 1.31. The van der Waals surface area contributed by atoms with Crippen LogP contribution in [0.2, 0.25) is 0 Å². The molecule has 2 aliphatic heterocycles. The van der Waals surface area contributed by atoms with E-state index in [0.717, 1.165) is 27.1 Å². The maximum atomic E-state index is 12.3. The lowest BCUT2D eigenvalue weighted by atomic mass is 10.1. The summed E-state index contributed by atoms with van der Waals surface area (Å²) in [6.45, 7) is 0. The summed E-state index contributed by atoms with van der Waals surface area (Å²) in [4.78, 5) is 42.3. The molecule has 0 bridgehead atoms. The molecule has 1 saturated heterocycles. The van der Waals surface area contributed by atoms with E-state index >= 15 is 0 Å². The molecule has 5 rings (SSSR count). The Bertz CT molecular complexity index is 1480. The number of benzene rings is 2. The van der Waals surface area contributed by atoms with E-state index in [1.165, 1.54) is 5.56 Å². The van der Waals surface area contributed by atoms with Crippen molar-refractivity contribution in [3.8, 4) is 11.3 Å². The molecule has 0 aliphatic carbocycles. The van der Waals surface area contributed by atoms with E-state index in [-0.39, 0.29) is 16.1 Å². The standard InChI is InChI=1S/C23H20N2O7S3/c1-24-15-8-4-2-6-13(15)20-21(24)14-7-3-5-9-16(14)34-23(20)33-11-10-19(27)32-25-18(26)12-17(22(25)28)35(29,30)31/h2-9,17,23H,10-12H2,1H3,(H,29,30,31). The molecule has 182 valence electrons. The van der Waals surface area contributed by atoms with E-state index in [1.54, 1.807) is 23.5 Å². The summed E-state index contributed by atoms with van der Waals surface area (Å²) < 4.78 is 33.8. The number of aryl methyl sites for hydroxylation is 1. The minimum absolute atomic E-state index is 0.00207. The van der Waals surface area contributed by atoms with Crippen molar-refractivity contribution < 1.29 is 32.2 Å². The molecule has 2 atom stereocenters. The number of para-hydroxylation sites is 1. The highest BCUT2D eigenvalue weighted by Crippen LogP contribution is 2.56. The topological polar surface area (TPSA) is 123 Å². The second kappa shape index (κ2) is 9.01. The minimum atomic E-state index is -4.77. The van der Waals surface area contributed by atoms with E-state index < -0.39 is 39.6 Å². The molecule has 3 heterocycles. The first-order chi connectivity index (χ1) is 16.7. The third kappa shape index (κ3) is 4.24. The van der Waals surface area contributed by atoms with Crippen LogP contribution in [-0.4, -0.2) is 51.4 Å². The fourth-order valence-electron chi connectivity index (χ4n) is 4.35. The Morgan fingerprint density at radius 1 is 1.17 bits per heavy atom. The number of carbonyl (C=O) groups is 3. The molecule has 0 radical (unpaired) electrons. The Hall–Kier alpha value is -2.80. The van der Waals surface area contributed by atoms with Gasteiger partial charge in [-0.15, -0.1) is 28.6 Å². The highest BCUT2D eigenvalue weighted by molar-refractivity contribution is 8.16. The van der Waals surface area contributed by atoms with Crippen LogP contribution in [0, 0.1) is 0 Å². The molecule has 2 aliphatic rings. The van der Waals surface area contributed by atoms with Crippen molar-refractivity contribution in [1.29, 1.82) is 0 Å². The Morgan fingerprint density at radius 2 is 1.89 bits per heavy atom. The van der Waals surface area contributed by atoms with Gasteiger partial charge in [-0.05, 0) is 12.1 Å². The van der Waals surface area contributed by atoms with Crippen LogP contribution in [0.25, 0.3) is 22.2 Å². The number of amides is 2. The lowest BCUT2D eigenvalue weighted by Gasteiger charge is -2.25. The molecule has 9 nitrogen and oxygen atoms in total.